The summed E-state index contributed by atoms with van der Waals surface area (Å²) in [5.74, 6) is -0.523. The molecule has 140 valence electrons. The van der Waals surface area contributed by atoms with Crippen LogP contribution in [0, 0.1) is 5.41 Å². The molecule has 0 radical (unpaired) electrons. The molecule has 2 unspecified atom stereocenters. The quantitative estimate of drug-likeness (QED) is 0.666. The summed E-state index contributed by atoms with van der Waals surface area (Å²) >= 11 is 1.29. The van der Waals surface area contributed by atoms with Crippen LogP contribution in [0.3, 0.4) is 0 Å². The van der Waals surface area contributed by atoms with Gasteiger partial charge in [-0.2, -0.15) is 0 Å². The summed E-state index contributed by atoms with van der Waals surface area (Å²) in [4.78, 5) is 23.7. The summed E-state index contributed by atoms with van der Waals surface area (Å²) < 4.78 is 10.2. The van der Waals surface area contributed by atoms with Crippen molar-refractivity contribution < 1.29 is 19.1 Å². The molecule has 2 atom stereocenters. The summed E-state index contributed by atoms with van der Waals surface area (Å²) in [6.45, 7) is 6.40. The van der Waals surface area contributed by atoms with E-state index in [0.717, 1.165) is 5.01 Å². The van der Waals surface area contributed by atoms with Gasteiger partial charge in [0.2, 0.25) is 11.0 Å². The average molecular weight is 370 g/mol. The van der Waals surface area contributed by atoms with Gasteiger partial charge in [0.15, 0.2) is 0 Å². The third-order valence-corrected chi connectivity index (χ3v) is 5.82. The van der Waals surface area contributed by atoms with Crippen molar-refractivity contribution in [2.75, 3.05) is 19.0 Å². The molecule has 1 amide bonds. The minimum absolute atomic E-state index is 0.0310. The lowest BCUT2D eigenvalue weighted by atomic mass is 9.54. The predicted octanol–water partition coefficient (Wildman–Crippen LogP) is 1.50. The Hall–Kier alpha value is -1.58. The van der Waals surface area contributed by atoms with E-state index in [1.165, 1.54) is 18.4 Å². The Balaban J connectivity index is 1.90. The molecule has 25 heavy (non-hydrogen) atoms. The fourth-order valence-electron chi connectivity index (χ4n) is 2.92. The number of aromatic nitrogens is 2. The number of anilines is 1. The van der Waals surface area contributed by atoms with Crippen molar-refractivity contribution in [3.8, 4) is 0 Å². The highest BCUT2D eigenvalue weighted by atomic mass is 32.1. The van der Waals surface area contributed by atoms with E-state index in [0.29, 0.717) is 37.4 Å². The van der Waals surface area contributed by atoms with Crippen LogP contribution >= 0.6 is 11.3 Å². The van der Waals surface area contributed by atoms with Crippen LogP contribution in [0.4, 0.5) is 5.13 Å². The van der Waals surface area contributed by atoms with Gasteiger partial charge >= 0.3 is 5.97 Å². The third kappa shape index (κ3) is 3.99. The molecule has 8 nitrogen and oxygen atoms in total. The lowest BCUT2D eigenvalue weighted by Gasteiger charge is -2.57. The smallest absolute Gasteiger partial charge is 0.305 e. The normalized spacial score (nSPS) is 24.4. The minimum atomic E-state index is -0.996. The van der Waals surface area contributed by atoms with Crippen LogP contribution in [-0.4, -0.2) is 47.4 Å². The third-order valence-electron chi connectivity index (χ3n) is 4.92. The van der Waals surface area contributed by atoms with Crippen LogP contribution < -0.4 is 11.1 Å². The first-order chi connectivity index (χ1) is 11.7. The lowest BCUT2D eigenvalue weighted by Crippen LogP contribution is -2.74. The van der Waals surface area contributed by atoms with Crippen molar-refractivity contribution in [1.82, 2.24) is 10.2 Å². The number of amides is 1. The molecule has 3 N–H and O–H groups in total. The highest BCUT2D eigenvalue weighted by molar-refractivity contribution is 7.15. The number of aryl methyl sites for hydroxylation is 1. The van der Waals surface area contributed by atoms with Crippen LogP contribution in [0.15, 0.2) is 0 Å². The van der Waals surface area contributed by atoms with Gasteiger partial charge in [0, 0.05) is 31.3 Å². The van der Waals surface area contributed by atoms with Crippen LogP contribution in [0.1, 0.15) is 45.0 Å². The fourth-order valence-corrected chi connectivity index (χ4v) is 3.70. The SMILES string of the molecule is CCOC1CC(N)(C(=O)Nc2nnc(CCCC(=O)OC)s2)C1(C)C. The van der Waals surface area contributed by atoms with Crippen molar-refractivity contribution in [3.63, 3.8) is 0 Å². The van der Waals surface area contributed by atoms with E-state index in [-0.39, 0.29) is 18.0 Å². The molecule has 2 rings (SSSR count). The van der Waals surface area contributed by atoms with Crippen molar-refractivity contribution in [2.24, 2.45) is 11.1 Å². The number of ether oxygens (including phenoxy) is 2. The van der Waals surface area contributed by atoms with Gasteiger partial charge in [-0.15, -0.1) is 10.2 Å². The molecule has 0 aliphatic heterocycles. The van der Waals surface area contributed by atoms with Crippen LogP contribution in [-0.2, 0) is 25.5 Å². The van der Waals surface area contributed by atoms with E-state index >= 15 is 0 Å². The Morgan fingerprint density at radius 3 is 2.72 bits per heavy atom. The molecule has 9 heteroatoms. The lowest BCUT2D eigenvalue weighted by molar-refractivity contribution is -0.166. The van der Waals surface area contributed by atoms with Gasteiger partial charge in [-0.3, -0.25) is 14.9 Å². The fraction of sp³-hybridized carbons (Fsp3) is 0.750. The number of carbonyl (C=O) groups excluding carboxylic acids is 2. The maximum Gasteiger partial charge on any atom is 0.305 e. The molecule has 0 spiro atoms. The number of esters is 1. The molecule has 1 aromatic heterocycles. The van der Waals surface area contributed by atoms with Crippen LogP contribution in [0.25, 0.3) is 0 Å². The van der Waals surface area contributed by atoms with Gasteiger partial charge in [-0.25, -0.2) is 0 Å². The topological polar surface area (TPSA) is 116 Å². The first kappa shape index (κ1) is 19.7. The number of nitrogens with two attached hydrogens (primary N) is 1. The highest BCUT2D eigenvalue weighted by Gasteiger charge is 2.63. The van der Waals surface area contributed by atoms with Gasteiger partial charge in [0.1, 0.15) is 10.5 Å². The molecular formula is C16H26N4O4S. The van der Waals surface area contributed by atoms with E-state index in [1.54, 1.807) is 0 Å². The predicted molar refractivity (Wildman–Crippen MR) is 94.2 cm³/mol. The van der Waals surface area contributed by atoms with Crippen LogP contribution in [0.5, 0.6) is 0 Å². The second kappa shape index (κ2) is 7.76. The number of hydrogen-bond acceptors (Lipinski definition) is 8. The van der Waals surface area contributed by atoms with Gasteiger partial charge in [0.25, 0.3) is 0 Å². The Labute approximate surface area is 151 Å². The van der Waals surface area contributed by atoms with Gasteiger partial charge < -0.3 is 15.2 Å². The van der Waals surface area contributed by atoms with E-state index in [9.17, 15) is 9.59 Å². The standard InChI is InChI=1S/C16H26N4O4S/c1-5-24-10-9-16(17,15(10,2)3)13(22)18-14-20-19-11(25-14)7-6-8-12(21)23-4/h10H,5-9,17H2,1-4H3,(H,18,20,22). The zero-order valence-electron chi connectivity index (χ0n) is 15.1. The largest absolute Gasteiger partial charge is 0.469 e. The highest BCUT2D eigenvalue weighted by Crippen LogP contribution is 2.50. The maximum absolute atomic E-state index is 12.6. The zero-order valence-corrected chi connectivity index (χ0v) is 15.9. The second-order valence-corrected chi connectivity index (χ2v) is 7.79. The summed E-state index contributed by atoms with van der Waals surface area (Å²) in [6, 6.07) is 0. The first-order valence-electron chi connectivity index (χ1n) is 8.35. The van der Waals surface area contributed by atoms with E-state index in [1.807, 2.05) is 20.8 Å². The summed E-state index contributed by atoms with van der Waals surface area (Å²) in [5.41, 5.74) is 4.89. The number of rotatable bonds is 8. The van der Waals surface area contributed by atoms with E-state index in [4.69, 9.17) is 10.5 Å². The molecule has 1 aliphatic rings. The molecule has 0 saturated heterocycles. The molecular weight excluding hydrogens is 344 g/mol. The molecule has 0 bridgehead atoms. The average Bonchev–Trinajstić information content (AvgIpc) is 3.01. The molecule has 1 aliphatic carbocycles. The number of hydrogen-bond donors (Lipinski definition) is 2. The first-order valence-corrected chi connectivity index (χ1v) is 9.17. The van der Waals surface area contributed by atoms with E-state index < -0.39 is 11.0 Å². The van der Waals surface area contributed by atoms with Gasteiger partial charge in [0.05, 0.1) is 13.2 Å². The van der Waals surface area contributed by atoms with Crippen molar-refractivity contribution in [3.05, 3.63) is 5.01 Å². The Morgan fingerprint density at radius 1 is 1.40 bits per heavy atom. The molecule has 0 aromatic carbocycles. The van der Waals surface area contributed by atoms with Crippen LogP contribution in [0.2, 0.25) is 0 Å². The molecule has 1 fully saturated rings. The van der Waals surface area contributed by atoms with E-state index in [2.05, 4.69) is 20.3 Å². The molecule has 1 saturated carbocycles. The molecule has 1 heterocycles. The molecule has 1 aromatic rings. The Morgan fingerprint density at radius 2 is 2.12 bits per heavy atom. The monoisotopic (exact) mass is 370 g/mol. The number of carbonyl (C=O) groups is 2. The number of nitrogens with zero attached hydrogens (tertiary/aromatic N) is 2. The van der Waals surface area contributed by atoms with Crippen molar-refractivity contribution in [2.45, 2.75) is 58.1 Å². The Bertz CT molecular complexity index is 633. The Kier molecular flexibility index (Phi) is 6.12. The summed E-state index contributed by atoms with van der Waals surface area (Å²) in [7, 11) is 1.36. The van der Waals surface area contributed by atoms with Gasteiger partial charge in [-0.05, 0) is 13.3 Å². The maximum atomic E-state index is 12.6. The van der Waals surface area contributed by atoms with Gasteiger partial charge in [-0.1, -0.05) is 25.2 Å². The van der Waals surface area contributed by atoms with Crippen molar-refractivity contribution in [1.29, 1.82) is 0 Å². The number of nitrogens with one attached hydrogen (secondary N) is 1. The number of methoxy groups -OCH3 is 1. The zero-order chi connectivity index (χ0) is 18.7. The minimum Gasteiger partial charge on any atom is -0.469 e. The second-order valence-electron chi connectivity index (χ2n) is 6.73. The van der Waals surface area contributed by atoms with Crippen molar-refractivity contribution >= 4 is 28.3 Å². The summed E-state index contributed by atoms with van der Waals surface area (Å²) in [5, 5.41) is 12.0. The summed E-state index contributed by atoms with van der Waals surface area (Å²) in [6.07, 6.45) is 2.01.